The minimum absolute atomic E-state index is 0.100. The highest BCUT2D eigenvalue weighted by atomic mass is 32.2. The van der Waals surface area contributed by atoms with Crippen molar-refractivity contribution in [1.29, 1.82) is 0 Å². The van der Waals surface area contributed by atoms with E-state index in [-0.39, 0.29) is 10.7 Å². The van der Waals surface area contributed by atoms with Gasteiger partial charge in [0, 0.05) is 5.69 Å². The Kier molecular flexibility index (Phi) is 3.94. The molecule has 1 N–H and O–H groups in total. The Morgan fingerprint density at radius 2 is 1.90 bits per heavy atom. The lowest BCUT2D eigenvalue weighted by Crippen LogP contribution is -2.15. The molecule has 1 aromatic carbocycles. The van der Waals surface area contributed by atoms with Gasteiger partial charge in [-0.3, -0.25) is 4.72 Å². The highest BCUT2D eigenvalue weighted by molar-refractivity contribution is 7.92. The van der Waals surface area contributed by atoms with E-state index in [1.165, 1.54) is 7.11 Å². The summed E-state index contributed by atoms with van der Waals surface area (Å²) >= 11 is 0. The molecule has 0 aliphatic rings. The third kappa shape index (κ3) is 3.08. The number of methoxy groups -OCH3 is 1. The lowest BCUT2D eigenvalue weighted by atomic mass is 10.2. The topological polar surface area (TPSA) is 68.3 Å². The van der Waals surface area contributed by atoms with Gasteiger partial charge in [0.1, 0.15) is 16.5 Å². The number of hydrogen-bond donors (Lipinski definition) is 1. The van der Waals surface area contributed by atoms with Gasteiger partial charge in [-0.15, -0.1) is 0 Å². The van der Waals surface area contributed by atoms with Crippen LogP contribution in [0.4, 0.5) is 5.82 Å². The Balaban J connectivity index is 2.43. The molecule has 2 aromatic rings. The first-order chi connectivity index (χ1) is 9.42. The van der Waals surface area contributed by atoms with E-state index in [2.05, 4.69) is 9.71 Å². The van der Waals surface area contributed by atoms with Crippen molar-refractivity contribution >= 4 is 15.8 Å². The monoisotopic (exact) mass is 292 g/mol. The molecule has 0 radical (unpaired) electrons. The second-order valence-corrected chi connectivity index (χ2v) is 6.07. The van der Waals surface area contributed by atoms with E-state index in [1.807, 2.05) is 6.92 Å². The number of benzene rings is 1. The SMILES string of the molecule is COc1ccc(C)cc1S(=O)(=O)Nc1cccc(C)n1. The largest absolute Gasteiger partial charge is 0.495 e. The van der Waals surface area contributed by atoms with Crippen LogP contribution in [0.5, 0.6) is 5.75 Å². The molecule has 0 spiro atoms. The van der Waals surface area contributed by atoms with Crippen molar-refractivity contribution < 1.29 is 13.2 Å². The first-order valence-electron chi connectivity index (χ1n) is 6.03. The highest BCUT2D eigenvalue weighted by Gasteiger charge is 2.20. The second kappa shape index (κ2) is 5.50. The fourth-order valence-corrected chi connectivity index (χ4v) is 3.04. The van der Waals surface area contributed by atoms with Crippen molar-refractivity contribution in [2.75, 3.05) is 11.8 Å². The predicted octanol–water partition coefficient (Wildman–Crippen LogP) is 2.51. The summed E-state index contributed by atoms with van der Waals surface area (Å²) in [6.45, 7) is 3.62. The Morgan fingerprint density at radius 3 is 2.55 bits per heavy atom. The van der Waals surface area contributed by atoms with Gasteiger partial charge in [-0.25, -0.2) is 13.4 Å². The first kappa shape index (κ1) is 14.3. The molecule has 0 bridgehead atoms. The third-order valence-corrected chi connectivity index (χ3v) is 4.11. The average Bonchev–Trinajstić information content (AvgIpc) is 2.38. The molecule has 0 aliphatic carbocycles. The second-order valence-electron chi connectivity index (χ2n) is 4.42. The fourth-order valence-electron chi connectivity index (χ4n) is 1.79. The van der Waals surface area contributed by atoms with Crippen LogP contribution in [0.1, 0.15) is 11.3 Å². The normalized spacial score (nSPS) is 11.2. The van der Waals surface area contributed by atoms with Crippen LogP contribution in [-0.2, 0) is 10.0 Å². The van der Waals surface area contributed by atoms with E-state index in [9.17, 15) is 8.42 Å². The molecule has 1 heterocycles. The Labute approximate surface area is 118 Å². The zero-order valence-electron chi connectivity index (χ0n) is 11.5. The van der Waals surface area contributed by atoms with Gasteiger partial charge in [0.05, 0.1) is 7.11 Å². The molecule has 1 aromatic heterocycles. The number of aryl methyl sites for hydroxylation is 2. The maximum absolute atomic E-state index is 12.4. The van der Waals surface area contributed by atoms with E-state index in [0.717, 1.165) is 11.3 Å². The quantitative estimate of drug-likeness (QED) is 0.940. The predicted molar refractivity (Wildman–Crippen MR) is 77.5 cm³/mol. The average molecular weight is 292 g/mol. The summed E-state index contributed by atoms with van der Waals surface area (Å²) in [5.41, 5.74) is 1.57. The van der Waals surface area contributed by atoms with Crippen LogP contribution in [-0.4, -0.2) is 20.5 Å². The van der Waals surface area contributed by atoms with E-state index in [1.54, 1.807) is 43.3 Å². The van der Waals surface area contributed by atoms with Gasteiger partial charge in [-0.2, -0.15) is 0 Å². The Hall–Kier alpha value is -2.08. The molecule has 0 saturated carbocycles. The number of hydrogen-bond acceptors (Lipinski definition) is 4. The zero-order valence-corrected chi connectivity index (χ0v) is 12.4. The molecule has 0 atom stereocenters. The molecule has 0 amide bonds. The van der Waals surface area contributed by atoms with Gasteiger partial charge in [0.25, 0.3) is 10.0 Å². The van der Waals surface area contributed by atoms with Gasteiger partial charge in [0.15, 0.2) is 0 Å². The number of nitrogens with zero attached hydrogens (tertiary/aromatic N) is 1. The van der Waals surface area contributed by atoms with Crippen molar-refractivity contribution in [2.24, 2.45) is 0 Å². The highest BCUT2D eigenvalue weighted by Crippen LogP contribution is 2.26. The molecule has 0 saturated heterocycles. The zero-order chi connectivity index (χ0) is 14.8. The molecule has 0 fully saturated rings. The summed E-state index contributed by atoms with van der Waals surface area (Å²) in [7, 11) is -2.29. The lowest BCUT2D eigenvalue weighted by molar-refractivity contribution is 0.402. The summed E-state index contributed by atoms with van der Waals surface area (Å²) in [5.74, 6) is 0.587. The van der Waals surface area contributed by atoms with Crippen LogP contribution >= 0.6 is 0 Å². The van der Waals surface area contributed by atoms with Crippen molar-refractivity contribution in [2.45, 2.75) is 18.7 Å². The summed E-state index contributed by atoms with van der Waals surface area (Å²) in [6.07, 6.45) is 0. The van der Waals surface area contributed by atoms with Crippen LogP contribution in [0.3, 0.4) is 0 Å². The van der Waals surface area contributed by atoms with E-state index in [0.29, 0.717) is 5.75 Å². The summed E-state index contributed by atoms with van der Waals surface area (Å²) in [4.78, 5) is 4.23. The summed E-state index contributed by atoms with van der Waals surface area (Å²) < 4.78 is 32.4. The number of rotatable bonds is 4. The van der Waals surface area contributed by atoms with Crippen LogP contribution in [0, 0.1) is 13.8 Å². The van der Waals surface area contributed by atoms with Gasteiger partial charge in [0.2, 0.25) is 0 Å². The molecule has 2 rings (SSSR count). The third-order valence-electron chi connectivity index (χ3n) is 2.74. The van der Waals surface area contributed by atoms with Gasteiger partial charge < -0.3 is 4.74 Å². The van der Waals surface area contributed by atoms with E-state index >= 15 is 0 Å². The smallest absolute Gasteiger partial charge is 0.266 e. The van der Waals surface area contributed by atoms with E-state index in [4.69, 9.17) is 4.74 Å². The van der Waals surface area contributed by atoms with Crippen molar-refractivity contribution in [3.05, 3.63) is 47.7 Å². The number of aromatic nitrogens is 1. The van der Waals surface area contributed by atoms with Gasteiger partial charge in [-0.1, -0.05) is 12.1 Å². The number of ether oxygens (including phenoxy) is 1. The fraction of sp³-hybridized carbons (Fsp3) is 0.214. The molecule has 20 heavy (non-hydrogen) atoms. The van der Waals surface area contributed by atoms with Crippen LogP contribution < -0.4 is 9.46 Å². The van der Waals surface area contributed by atoms with Crippen LogP contribution in [0.25, 0.3) is 0 Å². The van der Waals surface area contributed by atoms with Crippen LogP contribution in [0.2, 0.25) is 0 Å². The van der Waals surface area contributed by atoms with Gasteiger partial charge >= 0.3 is 0 Å². The lowest BCUT2D eigenvalue weighted by Gasteiger charge is -2.12. The minimum Gasteiger partial charge on any atom is -0.495 e. The van der Waals surface area contributed by atoms with E-state index < -0.39 is 10.0 Å². The molecule has 106 valence electrons. The number of nitrogens with one attached hydrogen (secondary N) is 1. The van der Waals surface area contributed by atoms with Gasteiger partial charge in [-0.05, 0) is 43.7 Å². The Bertz CT molecular complexity index is 727. The summed E-state index contributed by atoms with van der Waals surface area (Å²) in [5, 5.41) is 0. The molecule has 0 unspecified atom stereocenters. The molecule has 6 heteroatoms. The number of sulfonamides is 1. The van der Waals surface area contributed by atoms with Crippen molar-refractivity contribution in [3.63, 3.8) is 0 Å². The molecule has 5 nitrogen and oxygen atoms in total. The minimum atomic E-state index is -3.73. The molecular weight excluding hydrogens is 276 g/mol. The maximum atomic E-state index is 12.4. The standard InChI is InChI=1S/C14H16N2O3S/c1-10-7-8-12(19-3)13(9-10)20(17,18)16-14-6-4-5-11(2)15-14/h4-9H,1-3H3,(H,15,16). The molecular formula is C14H16N2O3S. The number of anilines is 1. The Morgan fingerprint density at radius 1 is 1.15 bits per heavy atom. The first-order valence-corrected chi connectivity index (χ1v) is 7.52. The summed E-state index contributed by atoms with van der Waals surface area (Å²) in [6, 6.07) is 10.1. The van der Waals surface area contributed by atoms with Crippen molar-refractivity contribution in [1.82, 2.24) is 4.98 Å². The van der Waals surface area contributed by atoms with Crippen molar-refractivity contribution in [3.8, 4) is 5.75 Å². The maximum Gasteiger partial charge on any atom is 0.266 e. The van der Waals surface area contributed by atoms with Crippen LogP contribution in [0.15, 0.2) is 41.3 Å². The number of pyridine rings is 1. The molecule has 0 aliphatic heterocycles.